The molecule has 4 nitrogen and oxygen atoms in total. The summed E-state index contributed by atoms with van der Waals surface area (Å²) in [6, 6.07) is 10.1. The molecule has 112 valence electrons. The normalized spacial score (nSPS) is 10.8. The van der Waals surface area contributed by atoms with Crippen LogP contribution < -0.4 is 10.4 Å². The average Bonchev–Trinajstić information content (AvgIpc) is 3.01. The molecule has 0 saturated carbocycles. The van der Waals surface area contributed by atoms with Crippen LogP contribution in [-0.2, 0) is 6.42 Å². The average molecular weight is 314 g/mol. The second-order valence-corrected chi connectivity index (χ2v) is 5.81. The lowest BCUT2D eigenvalue weighted by molar-refractivity contribution is 0.0740. The van der Waals surface area contributed by atoms with Crippen LogP contribution in [0.15, 0.2) is 51.0 Å². The molecule has 2 heterocycles. The minimum Gasteiger partial charge on any atom is -0.423 e. The molecular formula is C17H14O4S. The van der Waals surface area contributed by atoms with Gasteiger partial charge in [-0.3, -0.25) is 0 Å². The molecule has 0 bridgehead atoms. The van der Waals surface area contributed by atoms with E-state index in [-0.39, 0.29) is 0 Å². The highest BCUT2D eigenvalue weighted by molar-refractivity contribution is 7.12. The molecule has 0 aliphatic rings. The third kappa shape index (κ3) is 2.94. The number of rotatable bonds is 4. The lowest BCUT2D eigenvalue weighted by atomic mass is 10.1. The highest BCUT2D eigenvalue weighted by atomic mass is 32.1. The van der Waals surface area contributed by atoms with Crippen molar-refractivity contribution in [2.45, 2.75) is 19.8 Å². The van der Waals surface area contributed by atoms with Crippen molar-refractivity contribution in [3.05, 3.63) is 62.6 Å². The first kappa shape index (κ1) is 14.5. The topological polar surface area (TPSA) is 56.5 Å². The quantitative estimate of drug-likeness (QED) is 0.414. The van der Waals surface area contributed by atoms with Crippen molar-refractivity contribution in [3.63, 3.8) is 0 Å². The van der Waals surface area contributed by atoms with Gasteiger partial charge >= 0.3 is 11.6 Å². The largest absolute Gasteiger partial charge is 0.423 e. The van der Waals surface area contributed by atoms with Crippen molar-refractivity contribution in [1.29, 1.82) is 0 Å². The maximum absolute atomic E-state index is 11.9. The first-order chi connectivity index (χ1) is 10.7. The Bertz CT molecular complexity index is 862. The summed E-state index contributed by atoms with van der Waals surface area (Å²) in [5.41, 5.74) is 0.995. The van der Waals surface area contributed by atoms with Gasteiger partial charge in [-0.1, -0.05) is 19.4 Å². The van der Waals surface area contributed by atoms with E-state index in [0.29, 0.717) is 16.2 Å². The van der Waals surface area contributed by atoms with E-state index >= 15 is 0 Å². The number of carbonyl (C=O) groups is 1. The fourth-order valence-corrected chi connectivity index (χ4v) is 2.90. The number of thiophene rings is 1. The second kappa shape index (κ2) is 6.15. The van der Waals surface area contributed by atoms with E-state index in [4.69, 9.17) is 9.15 Å². The van der Waals surface area contributed by atoms with Crippen LogP contribution in [-0.4, -0.2) is 5.97 Å². The first-order valence-electron chi connectivity index (χ1n) is 7.00. The molecular weight excluding hydrogens is 300 g/mol. The number of carbonyl (C=O) groups excluding carboxylic acids is 1. The number of esters is 1. The Morgan fingerprint density at radius 3 is 2.86 bits per heavy atom. The number of benzene rings is 1. The molecule has 3 rings (SSSR count). The maximum Gasteiger partial charge on any atom is 0.353 e. The summed E-state index contributed by atoms with van der Waals surface area (Å²) < 4.78 is 10.5. The first-order valence-corrected chi connectivity index (χ1v) is 7.88. The van der Waals surface area contributed by atoms with Gasteiger partial charge in [0.15, 0.2) is 0 Å². The zero-order chi connectivity index (χ0) is 15.5. The van der Waals surface area contributed by atoms with Crippen LogP contribution in [0, 0.1) is 0 Å². The molecule has 0 fully saturated rings. The van der Waals surface area contributed by atoms with Crippen LogP contribution >= 0.6 is 11.3 Å². The third-order valence-corrected chi connectivity index (χ3v) is 4.10. The summed E-state index contributed by atoms with van der Waals surface area (Å²) in [6.45, 7) is 2.05. The highest BCUT2D eigenvalue weighted by Crippen LogP contribution is 2.24. The van der Waals surface area contributed by atoms with Gasteiger partial charge in [-0.2, -0.15) is 0 Å². The Morgan fingerprint density at radius 1 is 1.27 bits per heavy atom. The predicted octanol–water partition coefficient (Wildman–Crippen LogP) is 4.03. The van der Waals surface area contributed by atoms with Crippen LogP contribution in [0.2, 0.25) is 0 Å². The van der Waals surface area contributed by atoms with Crippen LogP contribution in [0.3, 0.4) is 0 Å². The predicted molar refractivity (Wildman–Crippen MR) is 85.8 cm³/mol. The van der Waals surface area contributed by atoms with Gasteiger partial charge in [-0.05, 0) is 35.6 Å². The van der Waals surface area contributed by atoms with Crippen molar-refractivity contribution in [2.24, 2.45) is 0 Å². The lowest BCUT2D eigenvalue weighted by Crippen LogP contribution is -2.06. The Kier molecular flexibility index (Phi) is 4.06. The molecule has 1 aromatic carbocycles. The molecule has 22 heavy (non-hydrogen) atoms. The number of hydrogen-bond acceptors (Lipinski definition) is 5. The molecule has 0 saturated heterocycles. The van der Waals surface area contributed by atoms with Crippen LogP contribution in [0.25, 0.3) is 11.0 Å². The second-order valence-electron chi connectivity index (χ2n) is 4.87. The van der Waals surface area contributed by atoms with Crippen LogP contribution in [0.1, 0.15) is 28.6 Å². The van der Waals surface area contributed by atoms with Crippen LogP contribution in [0.4, 0.5) is 0 Å². The molecule has 0 radical (unpaired) electrons. The summed E-state index contributed by atoms with van der Waals surface area (Å²) >= 11 is 1.32. The van der Waals surface area contributed by atoms with Gasteiger partial charge in [0.1, 0.15) is 16.2 Å². The molecule has 0 amide bonds. The minimum absolute atomic E-state index is 0.364. The van der Waals surface area contributed by atoms with E-state index in [0.717, 1.165) is 23.8 Å². The number of aryl methyl sites for hydroxylation is 1. The van der Waals surface area contributed by atoms with Crippen molar-refractivity contribution >= 4 is 28.3 Å². The lowest BCUT2D eigenvalue weighted by Gasteiger charge is -2.06. The number of hydrogen-bond donors (Lipinski definition) is 0. The SMILES string of the molecule is CCCc1cc(=O)oc2cc(OC(=O)c3cccs3)ccc12. The Balaban J connectivity index is 1.96. The molecule has 0 aliphatic heterocycles. The molecule has 3 aromatic rings. The fourth-order valence-electron chi connectivity index (χ4n) is 2.30. The molecule has 0 aliphatic carbocycles. The molecule has 0 N–H and O–H groups in total. The van der Waals surface area contributed by atoms with E-state index in [1.807, 2.05) is 11.4 Å². The smallest absolute Gasteiger partial charge is 0.353 e. The van der Waals surface area contributed by atoms with E-state index < -0.39 is 11.6 Å². The monoisotopic (exact) mass is 314 g/mol. The molecule has 0 unspecified atom stereocenters. The summed E-state index contributed by atoms with van der Waals surface area (Å²) in [6.07, 6.45) is 1.74. The van der Waals surface area contributed by atoms with Crippen molar-refractivity contribution < 1.29 is 13.9 Å². The Morgan fingerprint density at radius 2 is 2.14 bits per heavy atom. The van der Waals surface area contributed by atoms with Gasteiger partial charge in [0, 0.05) is 17.5 Å². The zero-order valence-corrected chi connectivity index (χ0v) is 12.8. The van der Waals surface area contributed by atoms with Crippen molar-refractivity contribution in [1.82, 2.24) is 0 Å². The summed E-state index contributed by atoms with van der Waals surface area (Å²) in [5.74, 6) is -0.0518. The molecule has 2 aromatic heterocycles. The summed E-state index contributed by atoms with van der Waals surface area (Å²) in [5, 5.41) is 2.69. The van der Waals surface area contributed by atoms with Gasteiger partial charge < -0.3 is 9.15 Å². The molecule has 0 spiro atoms. The van der Waals surface area contributed by atoms with Crippen molar-refractivity contribution in [2.75, 3.05) is 0 Å². The zero-order valence-electron chi connectivity index (χ0n) is 12.0. The van der Waals surface area contributed by atoms with Crippen molar-refractivity contribution in [3.8, 4) is 5.75 Å². The van der Waals surface area contributed by atoms with E-state index in [2.05, 4.69) is 6.92 Å². The maximum atomic E-state index is 11.9. The van der Waals surface area contributed by atoms with E-state index in [1.165, 1.54) is 17.4 Å². The molecule has 0 atom stereocenters. The van der Waals surface area contributed by atoms with Gasteiger partial charge in [0.05, 0.1) is 0 Å². The fraction of sp³-hybridized carbons (Fsp3) is 0.176. The van der Waals surface area contributed by atoms with Crippen LogP contribution in [0.5, 0.6) is 5.75 Å². The van der Waals surface area contributed by atoms with Gasteiger partial charge in [-0.15, -0.1) is 11.3 Å². The third-order valence-electron chi connectivity index (χ3n) is 3.25. The molecule has 5 heteroatoms. The minimum atomic E-state index is -0.415. The summed E-state index contributed by atoms with van der Waals surface area (Å²) in [4.78, 5) is 24.1. The van der Waals surface area contributed by atoms with Gasteiger partial charge in [-0.25, -0.2) is 9.59 Å². The summed E-state index contributed by atoms with van der Waals surface area (Å²) in [7, 11) is 0. The number of ether oxygens (including phenoxy) is 1. The highest BCUT2D eigenvalue weighted by Gasteiger charge is 2.11. The Labute approximate surface area is 131 Å². The van der Waals surface area contributed by atoms with Gasteiger partial charge in [0.2, 0.25) is 0 Å². The van der Waals surface area contributed by atoms with Gasteiger partial charge in [0.25, 0.3) is 0 Å². The number of fused-ring (bicyclic) bond motifs is 1. The standard InChI is InChI=1S/C17H14O4S/c1-2-4-11-9-16(18)21-14-10-12(6-7-13(11)14)20-17(19)15-5-3-8-22-15/h3,5-10H,2,4H2,1H3. The Hall–Kier alpha value is -2.40. The van der Waals surface area contributed by atoms with E-state index in [9.17, 15) is 9.59 Å². The van der Waals surface area contributed by atoms with E-state index in [1.54, 1.807) is 24.3 Å².